The zero-order chi connectivity index (χ0) is 18.6. The first-order valence-electron chi connectivity index (χ1n) is 8.64. The van der Waals surface area contributed by atoms with Gasteiger partial charge in [0.15, 0.2) is 0 Å². The molecule has 9 heteroatoms. The molecule has 1 amide bonds. The van der Waals surface area contributed by atoms with Crippen LogP contribution < -0.4 is 0 Å². The number of carbonyl (C=O) groups excluding carboxylic acids is 1. The summed E-state index contributed by atoms with van der Waals surface area (Å²) < 4.78 is 32.3. The number of morpholine rings is 1. The highest BCUT2D eigenvalue weighted by molar-refractivity contribution is 7.89. The molecule has 0 bridgehead atoms. The average molecular weight is 381 g/mol. The quantitative estimate of drug-likeness (QED) is 0.761. The first-order chi connectivity index (χ1) is 12.5. The number of carbonyl (C=O) groups is 1. The van der Waals surface area contributed by atoms with E-state index in [4.69, 9.17) is 4.74 Å². The van der Waals surface area contributed by atoms with Crippen LogP contribution >= 0.6 is 0 Å². The number of ether oxygens (including phenoxy) is 1. The van der Waals surface area contributed by atoms with E-state index in [1.807, 2.05) is 0 Å². The summed E-state index contributed by atoms with van der Waals surface area (Å²) in [7, 11) is -3.43. The Balaban J connectivity index is 1.65. The zero-order valence-electron chi connectivity index (χ0n) is 14.5. The molecule has 2 aliphatic rings. The van der Waals surface area contributed by atoms with E-state index < -0.39 is 15.3 Å². The molecule has 1 N–H and O–H groups in total. The summed E-state index contributed by atoms with van der Waals surface area (Å²) in [5.41, 5.74) is 0.604. The van der Waals surface area contributed by atoms with Crippen molar-refractivity contribution in [2.24, 2.45) is 0 Å². The molecule has 8 nitrogen and oxygen atoms in total. The van der Waals surface area contributed by atoms with Crippen molar-refractivity contribution in [3.63, 3.8) is 0 Å². The number of rotatable bonds is 4. The van der Waals surface area contributed by atoms with Crippen molar-refractivity contribution >= 4 is 22.0 Å². The minimum Gasteiger partial charge on any atom is -0.506 e. The predicted octanol–water partition coefficient (Wildman–Crippen LogP) is 0.453. The third kappa shape index (κ3) is 4.40. The van der Waals surface area contributed by atoms with E-state index in [1.54, 1.807) is 11.0 Å². The van der Waals surface area contributed by atoms with Gasteiger partial charge in [0.2, 0.25) is 15.9 Å². The monoisotopic (exact) mass is 381 g/mol. The van der Waals surface area contributed by atoms with Gasteiger partial charge in [0.1, 0.15) is 5.75 Å². The molecular formula is C17H23N3O5S. The Kier molecular flexibility index (Phi) is 5.90. The molecule has 3 heterocycles. The highest BCUT2D eigenvalue weighted by Gasteiger charge is 2.36. The fraction of sp³-hybridized carbons (Fsp3) is 0.529. The highest BCUT2D eigenvalue weighted by atomic mass is 32.2. The summed E-state index contributed by atoms with van der Waals surface area (Å²) in [5, 5.41) is 8.83. The van der Waals surface area contributed by atoms with Gasteiger partial charge in [0, 0.05) is 38.5 Å². The molecule has 0 radical (unpaired) electrons. The van der Waals surface area contributed by atoms with Gasteiger partial charge in [-0.25, -0.2) is 8.42 Å². The van der Waals surface area contributed by atoms with Crippen LogP contribution in [0.4, 0.5) is 0 Å². The summed E-state index contributed by atoms with van der Waals surface area (Å²) >= 11 is 0. The number of aromatic hydroxyl groups is 1. The average Bonchev–Trinajstić information content (AvgIpc) is 2.67. The summed E-state index contributed by atoms with van der Waals surface area (Å²) in [5.74, 6) is -0.218. The molecule has 2 fully saturated rings. The number of sulfonamides is 1. The first-order valence-corrected chi connectivity index (χ1v) is 10.1. The number of hydrogen-bond acceptors (Lipinski definition) is 6. The molecule has 0 spiro atoms. The Morgan fingerprint density at radius 2 is 2.04 bits per heavy atom. The van der Waals surface area contributed by atoms with E-state index in [1.165, 1.54) is 28.8 Å². The van der Waals surface area contributed by atoms with E-state index in [0.29, 0.717) is 51.3 Å². The van der Waals surface area contributed by atoms with Gasteiger partial charge in [-0.3, -0.25) is 9.78 Å². The van der Waals surface area contributed by atoms with Crippen LogP contribution in [0.5, 0.6) is 5.75 Å². The van der Waals surface area contributed by atoms with Gasteiger partial charge in [-0.05, 0) is 30.5 Å². The Morgan fingerprint density at radius 1 is 1.27 bits per heavy atom. The maximum atomic E-state index is 12.8. The molecule has 2 aliphatic heterocycles. The number of amides is 1. The van der Waals surface area contributed by atoms with Crippen molar-refractivity contribution in [3.05, 3.63) is 30.1 Å². The van der Waals surface area contributed by atoms with Crippen molar-refractivity contribution in [2.45, 2.75) is 18.1 Å². The molecule has 0 aromatic carbocycles. The smallest absolute Gasteiger partial charge is 0.246 e. The first kappa shape index (κ1) is 18.8. The zero-order valence-corrected chi connectivity index (χ0v) is 15.3. The molecule has 0 saturated carbocycles. The number of likely N-dealkylation sites (tertiary alicyclic amines) is 1. The van der Waals surface area contributed by atoms with Crippen molar-refractivity contribution in [3.8, 4) is 5.75 Å². The Morgan fingerprint density at radius 3 is 2.77 bits per heavy atom. The van der Waals surface area contributed by atoms with Crippen LogP contribution in [-0.4, -0.2) is 78.3 Å². The number of nitrogens with zero attached hydrogens (tertiary/aromatic N) is 3. The second-order valence-corrected chi connectivity index (χ2v) is 8.63. The van der Waals surface area contributed by atoms with Crippen LogP contribution in [-0.2, 0) is 19.6 Å². The third-order valence-corrected chi connectivity index (χ3v) is 6.92. The van der Waals surface area contributed by atoms with E-state index in [-0.39, 0.29) is 18.2 Å². The lowest BCUT2D eigenvalue weighted by Crippen LogP contribution is -2.51. The molecule has 1 aromatic rings. The van der Waals surface area contributed by atoms with Gasteiger partial charge in [0.05, 0.1) is 24.7 Å². The summed E-state index contributed by atoms with van der Waals surface area (Å²) in [6.45, 7) is 2.30. The SMILES string of the molecule is O=C(/C=C/c1cncc(O)c1)N1CCCC(S(=O)(=O)N2CCOCC2)C1. The van der Waals surface area contributed by atoms with E-state index in [0.717, 1.165) is 0 Å². The van der Waals surface area contributed by atoms with Crippen molar-refractivity contribution < 1.29 is 23.1 Å². The molecular weight excluding hydrogens is 358 g/mol. The number of piperidine rings is 1. The van der Waals surface area contributed by atoms with E-state index >= 15 is 0 Å². The second kappa shape index (κ2) is 8.15. The lowest BCUT2D eigenvalue weighted by Gasteiger charge is -2.36. The molecule has 0 aliphatic carbocycles. The molecule has 1 aromatic heterocycles. The minimum atomic E-state index is -3.43. The topological polar surface area (TPSA) is 100 Å². The fourth-order valence-corrected chi connectivity index (χ4v) is 5.11. The highest BCUT2D eigenvalue weighted by Crippen LogP contribution is 2.22. The fourth-order valence-electron chi connectivity index (χ4n) is 3.20. The van der Waals surface area contributed by atoms with Gasteiger partial charge in [-0.1, -0.05) is 0 Å². The molecule has 26 heavy (non-hydrogen) atoms. The number of pyridine rings is 1. The van der Waals surface area contributed by atoms with Crippen LogP contribution in [0.3, 0.4) is 0 Å². The number of aromatic nitrogens is 1. The van der Waals surface area contributed by atoms with Gasteiger partial charge in [-0.2, -0.15) is 4.31 Å². The molecule has 3 rings (SSSR count). The molecule has 1 atom stereocenters. The minimum absolute atomic E-state index is 0.0224. The van der Waals surface area contributed by atoms with Crippen LogP contribution in [0, 0.1) is 0 Å². The van der Waals surface area contributed by atoms with E-state index in [9.17, 15) is 18.3 Å². The molecule has 142 valence electrons. The summed E-state index contributed by atoms with van der Waals surface area (Å²) in [6, 6.07) is 1.50. The Labute approximate surface area is 153 Å². The van der Waals surface area contributed by atoms with Gasteiger partial charge < -0.3 is 14.7 Å². The normalized spacial score (nSPS) is 22.6. The molecule has 1 unspecified atom stereocenters. The largest absolute Gasteiger partial charge is 0.506 e. The van der Waals surface area contributed by atoms with Crippen molar-refractivity contribution in [1.82, 2.24) is 14.2 Å². The summed E-state index contributed by atoms with van der Waals surface area (Å²) in [4.78, 5) is 17.9. The van der Waals surface area contributed by atoms with Crippen LogP contribution in [0.25, 0.3) is 6.08 Å². The predicted molar refractivity (Wildman–Crippen MR) is 95.8 cm³/mol. The standard InChI is InChI=1S/C17H23N3O5S/c21-15-10-14(11-18-12-15)3-4-17(22)19-5-1-2-16(13-19)26(23,24)20-6-8-25-9-7-20/h3-4,10-12,16,21H,1-2,5-9,13H2/b4-3+. The van der Waals surface area contributed by atoms with Crippen molar-refractivity contribution in [2.75, 3.05) is 39.4 Å². The maximum absolute atomic E-state index is 12.8. The summed E-state index contributed by atoms with van der Waals surface area (Å²) in [6.07, 6.45) is 7.01. The lowest BCUT2D eigenvalue weighted by molar-refractivity contribution is -0.126. The van der Waals surface area contributed by atoms with Crippen LogP contribution in [0.15, 0.2) is 24.5 Å². The number of hydrogen-bond donors (Lipinski definition) is 1. The van der Waals surface area contributed by atoms with Gasteiger partial charge >= 0.3 is 0 Å². The van der Waals surface area contributed by atoms with E-state index in [2.05, 4.69) is 4.98 Å². The maximum Gasteiger partial charge on any atom is 0.246 e. The lowest BCUT2D eigenvalue weighted by atomic mass is 10.1. The third-order valence-electron chi connectivity index (χ3n) is 4.60. The Bertz CT molecular complexity index is 774. The van der Waals surface area contributed by atoms with Crippen LogP contribution in [0.1, 0.15) is 18.4 Å². The second-order valence-electron chi connectivity index (χ2n) is 6.41. The van der Waals surface area contributed by atoms with Crippen molar-refractivity contribution in [1.29, 1.82) is 0 Å². The Hall–Kier alpha value is -1.97. The van der Waals surface area contributed by atoms with Gasteiger partial charge in [-0.15, -0.1) is 0 Å². The molecule has 2 saturated heterocycles. The van der Waals surface area contributed by atoms with Gasteiger partial charge in [0.25, 0.3) is 0 Å². The van der Waals surface area contributed by atoms with Crippen LogP contribution in [0.2, 0.25) is 0 Å².